The van der Waals surface area contributed by atoms with Crippen molar-refractivity contribution in [1.82, 2.24) is 4.98 Å². The van der Waals surface area contributed by atoms with E-state index >= 15 is 0 Å². The Balaban J connectivity index is 2.33. The fourth-order valence-electron chi connectivity index (χ4n) is 2.31. The standard InChI is InChI=1S/C16H20ClN3/c1-3-20(11-14-8-4-6-12(2)19-14)16-13(10-18)7-5-9-15(16)17/h4-9H,3,10-11,18H2,1-2H3. The van der Waals surface area contributed by atoms with E-state index in [2.05, 4.69) is 16.8 Å². The Hall–Kier alpha value is -1.58. The second-order valence-corrected chi connectivity index (χ2v) is 5.14. The molecular weight excluding hydrogens is 270 g/mol. The first-order valence-electron chi connectivity index (χ1n) is 6.80. The van der Waals surface area contributed by atoms with E-state index in [-0.39, 0.29) is 0 Å². The van der Waals surface area contributed by atoms with Crippen LogP contribution >= 0.6 is 11.6 Å². The van der Waals surface area contributed by atoms with E-state index in [1.165, 1.54) is 0 Å². The Morgan fingerprint density at radius 1 is 1.20 bits per heavy atom. The Morgan fingerprint density at radius 3 is 2.60 bits per heavy atom. The molecule has 2 N–H and O–H groups in total. The van der Waals surface area contributed by atoms with Gasteiger partial charge in [0.05, 0.1) is 22.9 Å². The van der Waals surface area contributed by atoms with Crippen molar-refractivity contribution in [2.45, 2.75) is 26.9 Å². The third-order valence-electron chi connectivity index (χ3n) is 3.29. The van der Waals surface area contributed by atoms with Gasteiger partial charge in [0.15, 0.2) is 0 Å². The minimum absolute atomic E-state index is 0.480. The van der Waals surface area contributed by atoms with Crippen molar-refractivity contribution in [2.24, 2.45) is 5.73 Å². The van der Waals surface area contributed by atoms with Crippen molar-refractivity contribution >= 4 is 17.3 Å². The highest BCUT2D eigenvalue weighted by atomic mass is 35.5. The van der Waals surface area contributed by atoms with Crippen molar-refractivity contribution in [1.29, 1.82) is 0 Å². The highest BCUT2D eigenvalue weighted by Crippen LogP contribution is 2.30. The zero-order chi connectivity index (χ0) is 14.5. The van der Waals surface area contributed by atoms with Gasteiger partial charge in [-0.2, -0.15) is 0 Å². The van der Waals surface area contributed by atoms with E-state index in [0.717, 1.165) is 40.8 Å². The molecule has 1 aromatic carbocycles. The van der Waals surface area contributed by atoms with E-state index in [1.54, 1.807) is 0 Å². The predicted octanol–water partition coefficient (Wildman–Crippen LogP) is 3.53. The molecule has 0 bridgehead atoms. The molecule has 0 amide bonds. The van der Waals surface area contributed by atoms with Crippen LogP contribution in [0.5, 0.6) is 0 Å². The Morgan fingerprint density at radius 2 is 1.95 bits per heavy atom. The van der Waals surface area contributed by atoms with Gasteiger partial charge in [-0.15, -0.1) is 0 Å². The van der Waals surface area contributed by atoms with Crippen molar-refractivity contribution in [3.63, 3.8) is 0 Å². The molecule has 20 heavy (non-hydrogen) atoms. The fourth-order valence-corrected chi connectivity index (χ4v) is 2.62. The fraction of sp³-hybridized carbons (Fsp3) is 0.312. The van der Waals surface area contributed by atoms with Crippen molar-refractivity contribution < 1.29 is 0 Å². The van der Waals surface area contributed by atoms with Crippen molar-refractivity contribution in [3.05, 3.63) is 58.4 Å². The van der Waals surface area contributed by atoms with Crippen LogP contribution in [0.2, 0.25) is 5.02 Å². The van der Waals surface area contributed by atoms with Gasteiger partial charge in [0.25, 0.3) is 0 Å². The molecule has 2 rings (SSSR count). The number of hydrogen-bond donors (Lipinski definition) is 1. The van der Waals surface area contributed by atoms with Gasteiger partial charge in [0, 0.05) is 18.8 Å². The molecule has 0 aliphatic carbocycles. The van der Waals surface area contributed by atoms with Gasteiger partial charge in [-0.05, 0) is 37.6 Å². The van der Waals surface area contributed by atoms with E-state index in [4.69, 9.17) is 17.3 Å². The highest BCUT2D eigenvalue weighted by molar-refractivity contribution is 6.33. The highest BCUT2D eigenvalue weighted by Gasteiger charge is 2.14. The van der Waals surface area contributed by atoms with Crippen LogP contribution in [0.25, 0.3) is 0 Å². The minimum atomic E-state index is 0.480. The number of nitrogens with zero attached hydrogens (tertiary/aromatic N) is 2. The summed E-state index contributed by atoms with van der Waals surface area (Å²) in [7, 11) is 0. The summed E-state index contributed by atoms with van der Waals surface area (Å²) >= 11 is 6.36. The lowest BCUT2D eigenvalue weighted by Crippen LogP contribution is -2.25. The number of anilines is 1. The van der Waals surface area contributed by atoms with E-state index in [9.17, 15) is 0 Å². The summed E-state index contributed by atoms with van der Waals surface area (Å²) in [5.74, 6) is 0. The molecule has 2 aromatic rings. The molecule has 0 spiro atoms. The van der Waals surface area contributed by atoms with Crippen molar-refractivity contribution in [2.75, 3.05) is 11.4 Å². The van der Waals surface area contributed by atoms with Gasteiger partial charge in [0.1, 0.15) is 0 Å². The summed E-state index contributed by atoms with van der Waals surface area (Å²) in [4.78, 5) is 6.77. The third kappa shape index (κ3) is 3.30. The third-order valence-corrected chi connectivity index (χ3v) is 3.59. The average molecular weight is 290 g/mol. The van der Waals surface area contributed by atoms with Crippen LogP contribution in [-0.2, 0) is 13.1 Å². The number of rotatable bonds is 5. The zero-order valence-electron chi connectivity index (χ0n) is 11.9. The molecule has 4 heteroatoms. The van der Waals surface area contributed by atoms with Crippen molar-refractivity contribution in [3.8, 4) is 0 Å². The van der Waals surface area contributed by atoms with Gasteiger partial charge in [-0.25, -0.2) is 0 Å². The Bertz CT molecular complexity index is 584. The molecule has 0 saturated carbocycles. The second kappa shape index (κ2) is 6.73. The molecule has 0 radical (unpaired) electrons. The van der Waals surface area contributed by atoms with E-state index < -0.39 is 0 Å². The molecule has 106 valence electrons. The summed E-state index contributed by atoms with van der Waals surface area (Å²) in [6.07, 6.45) is 0. The zero-order valence-corrected chi connectivity index (χ0v) is 12.7. The molecule has 0 fully saturated rings. The number of para-hydroxylation sites is 1. The smallest absolute Gasteiger partial charge is 0.0643 e. The maximum Gasteiger partial charge on any atom is 0.0643 e. The molecule has 0 saturated heterocycles. The number of aromatic nitrogens is 1. The quantitative estimate of drug-likeness (QED) is 0.915. The maximum atomic E-state index is 6.36. The summed E-state index contributed by atoms with van der Waals surface area (Å²) < 4.78 is 0. The van der Waals surface area contributed by atoms with E-state index in [0.29, 0.717) is 6.54 Å². The Labute approximate surface area is 125 Å². The summed E-state index contributed by atoms with van der Waals surface area (Å²) in [5.41, 5.74) is 9.97. The lowest BCUT2D eigenvalue weighted by Gasteiger charge is -2.26. The molecule has 0 unspecified atom stereocenters. The molecule has 3 nitrogen and oxygen atoms in total. The first-order valence-corrected chi connectivity index (χ1v) is 7.18. The molecule has 0 atom stereocenters. The molecule has 1 heterocycles. The summed E-state index contributed by atoms with van der Waals surface area (Å²) in [5, 5.41) is 0.738. The summed E-state index contributed by atoms with van der Waals surface area (Å²) in [6.45, 7) is 6.18. The SMILES string of the molecule is CCN(Cc1cccc(C)n1)c1c(Cl)cccc1CN. The van der Waals surface area contributed by atoms with Crippen LogP contribution in [0.4, 0.5) is 5.69 Å². The second-order valence-electron chi connectivity index (χ2n) is 4.74. The molecule has 0 aliphatic rings. The van der Waals surface area contributed by atoms with Gasteiger partial charge in [-0.1, -0.05) is 29.8 Å². The first kappa shape index (κ1) is 14.8. The number of pyridine rings is 1. The number of benzene rings is 1. The topological polar surface area (TPSA) is 42.2 Å². The number of halogens is 1. The number of aryl methyl sites for hydroxylation is 1. The number of hydrogen-bond acceptors (Lipinski definition) is 3. The van der Waals surface area contributed by atoms with Gasteiger partial charge < -0.3 is 10.6 Å². The van der Waals surface area contributed by atoms with Crippen LogP contribution < -0.4 is 10.6 Å². The van der Waals surface area contributed by atoms with Gasteiger partial charge in [0.2, 0.25) is 0 Å². The largest absolute Gasteiger partial charge is 0.364 e. The monoisotopic (exact) mass is 289 g/mol. The summed E-state index contributed by atoms with van der Waals surface area (Å²) in [6, 6.07) is 11.9. The van der Waals surface area contributed by atoms with Crippen LogP contribution in [0.1, 0.15) is 23.9 Å². The minimum Gasteiger partial charge on any atom is -0.364 e. The van der Waals surface area contributed by atoms with Crippen LogP contribution in [-0.4, -0.2) is 11.5 Å². The Kier molecular flexibility index (Phi) is 4.99. The van der Waals surface area contributed by atoms with Crippen LogP contribution in [0.15, 0.2) is 36.4 Å². The average Bonchev–Trinajstić information content (AvgIpc) is 2.45. The number of nitrogens with two attached hydrogens (primary N) is 1. The van der Waals surface area contributed by atoms with Crippen LogP contribution in [0.3, 0.4) is 0 Å². The van der Waals surface area contributed by atoms with E-state index in [1.807, 2.05) is 43.3 Å². The predicted molar refractivity (Wildman–Crippen MR) is 85.0 cm³/mol. The van der Waals surface area contributed by atoms with Gasteiger partial charge >= 0.3 is 0 Å². The lowest BCUT2D eigenvalue weighted by molar-refractivity contribution is 0.798. The molecular formula is C16H20ClN3. The van der Waals surface area contributed by atoms with Crippen LogP contribution in [0, 0.1) is 6.92 Å². The molecule has 0 aliphatic heterocycles. The van der Waals surface area contributed by atoms with Gasteiger partial charge in [-0.3, -0.25) is 4.98 Å². The maximum absolute atomic E-state index is 6.36. The lowest BCUT2D eigenvalue weighted by atomic mass is 10.1. The normalized spacial score (nSPS) is 10.6. The first-order chi connectivity index (χ1) is 9.65. The molecule has 1 aromatic heterocycles.